The first-order valence-corrected chi connectivity index (χ1v) is 6.41. The number of hydrogen-bond acceptors (Lipinski definition) is 3. The maximum Gasteiger partial charge on any atom is 0.318 e. The van der Waals surface area contributed by atoms with E-state index in [1.807, 2.05) is 25.1 Å². The van der Waals surface area contributed by atoms with Gasteiger partial charge in [-0.25, -0.2) is 0 Å². The number of ether oxygens (including phenoxy) is 1. The van der Waals surface area contributed by atoms with Gasteiger partial charge in [0.25, 0.3) is 0 Å². The van der Waals surface area contributed by atoms with Crippen molar-refractivity contribution < 1.29 is 9.53 Å². The number of hydrogen-bond donors (Lipinski definition) is 0. The molecule has 1 saturated carbocycles. The number of nitrogens with zero attached hydrogens (tertiary/aromatic N) is 1. The molecule has 1 aliphatic heterocycles. The van der Waals surface area contributed by atoms with Gasteiger partial charge in [-0.3, -0.25) is 4.79 Å². The number of fused-ring (bicyclic) bond motifs is 1. The molecule has 0 saturated heterocycles. The first kappa shape index (κ1) is 11.3. The van der Waals surface area contributed by atoms with Gasteiger partial charge < -0.3 is 9.64 Å². The van der Waals surface area contributed by atoms with E-state index in [4.69, 9.17) is 4.74 Å². The lowest BCUT2D eigenvalue weighted by molar-refractivity contribution is -0.149. The van der Waals surface area contributed by atoms with Gasteiger partial charge in [-0.15, -0.1) is 0 Å². The summed E-state index contributed by atoms with van der Waals surface area (Å²) in [7, 11) is 0. The molecule has 0 spiro atoms. The van der Waals surface area contributed by atoms with Crippen molar-refractivity contribution in [3.8, 4) is 0 Å². The average Bonchev–Trinajstić information content (AvgIpc) is 2.95. The fraction of sp³-hybridized carbons (Fsp3) is 0.400. The van der Waals surface area contributed by atoms with E-state index in [2.05, 4.69) is 23.2 Å². The van der Waals surface area contributed by atoms with E-state index in [9.17, 15) is 4.79 Å². The van der Waals surface area contributed by atoms with Crippen molar-refractivity contribution in [2.45, 2.75) is 19.9 Å². The summed E-state index contributed by atoms with van der Waals surface area (Å²) in [5, 5.41) is 0. The molecule has 1 atom stereocenters. The first-order valence-electron chi connectivity index (χ1n) is 6.41. The molecule has 3 rings (SSSR count). The Hall–Kier alpha value is -1.77. The van der Waals surface area contributed by atoms with Crippen LogP contribution < -0.4 is 0 Å². The van der Waals surface area contributed by atoms with Crippen LogP contribution in [-0.4, -0.2) is 24.0 Å². The summed E-state index contributed by atoms with van der Waals surface area (Å²) in [6.45, 7) is 3.96. The normalized spacial score (nSPS) is 24.5. The molecule has 0 bridgehead atoms. The van der Waals surface area contributed by atoms with E-state index < -0.39 is 0 Å². The van der Waals surface area contributed by atoms with Gasteiger partial charge in [0.05, 0.1) is 6.61 Å². The molecule has 0 aromatic heterocycles. The molecule has 3 heteroatoms. The number of rotatable bonds is 4. The molecule has 1 unspecified atom stereocenters. The zero-order valence-electron chi connectivity index (χ0n) is 10.6. The van der Waals surface area contributed by atoms with Gasteiger partial charge in [0.1, 0.15) is 5.41 Å². The molecule has 94 valence electrons. The highest BCUT2D eigenvalue weighted by Gasteiger charge is 2.60. The highest BCUT2D eigenvalue weighted by atomic mass is 16.5. The van der Waals surface area contributed by atoms with Crippen LogP contribution in [0, 0.1) is 5.41 Å². The van der Waals surface area contributed by atoms with Crippen LogP contribution in [-0.2, 0) is 16.1 Å². The highest BCUT2D eigenvalue weighted by molar-refractivity contribution is 5.87. The summed E-state index contributed by atoms with van der Waals surface area (Å²) in [6, 6.07) is 10.3. The highest BCUT2D eigenvalue weighted by Crippen LogP contribution is 2.57. The molecule has 1 heterocycles. The lowest BCUT2D eigenvalue weighted by atomic mass is 10.1. The van der Waals surface area contributed by atoms with E-state index in [1.54, 1.807) is 0 Å². The summed E-state index contributed by atoms with van der Waals surface area (Å²) in [5.74, 6) is -0.0492. The van der Waals surface area contributed by atoms with Crippen molar-refractivity contribution >= 4 is 5.97 Å². The minimum absolute atomic E-state index is 0.0492. The van der Waals surface area contributed by atoms with Crippen molar-refractivity contribution in [1.82, 2.24) is 4.90 Å². The van der Waals surface area contributed by atoms with Crippen LogP contribution in [0.4, 0.5) is 0 Å². The summed E-state index contributed by atoms with van der Waals surface area (Å²) >= 11 is 0. The topological polar surface area (TPSA) is 29.5 Å². The summed E-state index contributed by atoms with van der Waals surface area (Å²) in [4.78, 5) is 14.1. The van der Waals surface area contributed by atoms with Crippen LogP contribution in [0.2, 0.25) is 0 Å². The second-order valence-electron chi connectivity index (χ2n) is 5.02. The zero-order chi connectivity index (χ0) is 12.6. The molecule has 0 amide bonds. The van der Waals surface area contributed by atoms with E-state index in [1.165, 1.54) is 11.1 Å². The number of benzene rings is 1. The smallest absolute Gasteiger partial charge is 0.318 e. The van der Waals surface area contributed by atoms with E-state index >= 15 is 0 Å². The molecule has 18 heavy (non-hydrogen) atoms. The maximum atomic E-state index is 11.9. The molecular weight excluding hydrogens is 226 g/mol. The zero-order valence-corrected chi connectivity index (χ0v) is 10.6. The molecular formula is C15H17NO2. The third-order valence-electron chi connectivity index (χ3n) is 3.69. The van der Waals surface area contributed by atoms with E-state index in [0.29, 0.717) is 6.61 Å². The Morgan fingerprint density at radius 2 is 2.17 bits per heavy atom. The molecule has 0 radical (unpaired) electrons. The lowest BCUT2D eigenvalue weighted by Crippen LogP contribution is -2.29. The van der Waals surface area contributed by atoms with Crippen molar-refractivity contribution in [3.63, 3.8) is 0 Å². The van der Waals surface area contributed by atoms with Crippen LogP contribution in [0.3, 0.4) is 0 Å². The molecule has 1 aliphatic carbocycles. The average molecular weight is 243 g/mol. The van der Waals surface area contributed by atoms with Gasteiger partial charge in [0.2, 0.25) is 0 Å². The molecule has 0 N–H and O–H groups in total. The van der Waals surface area contributed by atoms with E-state index in [-0.39, 0.29) is 11.4 Å². The van der Waals surface area contributed by atoms with Crippen LogP contribution in [0.25, 0.3) is 0 Å². The van der Waals surface area contributed by atoms with E-state index in [0.717, 1.165) is 19.5 Å². The SMILES string of the molecule is CCOC(=O)C12CC1=CN(Cc1ccccc1)C2. The van der Waals surface area contributed by atoms with Crippen LogP contribution in [0.15, 0.2) is 42.1 Å². The number of carbonyl (C=O) groups is 1. The third-order valence-corrected chi connectivity index (χ3v) is 3.69. The molecule has 3 nitrogen and oxygen atoms in total. The second kappa shape index (κ2) is 4.16. The third kappa shape index (κ3) is 1.80. The Morgan fingerprint density at radius 1 is 1.39 bits per heavy atom. The summed E-state index contributed by atoms with van der Waals surface area (Å²) in [6.07, 6.45) is 3.01. The van der Waals surface area contributed by atoms with Gasteiger partial charge in [0, 0.05) is 13.1 Å². The first-order chi connectivity index (χ1) is 8.74. The summed E-state index contributed by atoms with van der Waals surface area (Å²) < 4.78 is 5.16. The fourth-order valence-corrected chi connectivity index (χ4v) is 2.68. The van der Waals surface area contributed by atoms with Crippen molar-refractivity contribution in [2.24, 2.45) is 5.41 Å². The summed E-state index contributed by atoms with van der Waals surface area (Å²) in [5.41, 5.74) is 2.21. The standard InChI is InChI=1S/C15H17NO2/c1-2-18-14(17)15-8-13(15)10-16(11-15)9-12-6-4-3-5-7-12/h3-7,10H,2,8-9,11H2,1H3. The van der Waals surface area contributed by atoms with Gasteiger partial charge in [-0.1, -0.05) is 30.3 Å². The minimum Gasteiger partial charge on any atom is -0.465 e. The van der Waals surface area contributed by atoms with Crippen molar-refractivity contribution in [3.05, 3.63) is 47.7 Å². The lowest BCUT2D eigenvalue weighted by Gasteiger charge is -2.20. The molecule has 1 aromatic carbocycles. The van der Waals surface area contributed by atoms with Crippen LogP contribution in [0.1, 0.15) is 18.9 Å². The van der Waals surface area contributed by atoms with Gasteiger partial charge >= 0.3 is 5.97 Å². The Morgan fingerprint density at radius 3 is 2.89 bits per heavy atom. The Balaban J connectivity index is 1.66. The largest absolute Gasteiger partial charge is 0.465 e. The minimum atomic E-state index is -0.301. The van der Waals surface area contributed by atoms with Crippen LogP contribution >= 0.6 is 0 Å². The second-order valence-corrected chi connectivity index (χ2v) is 5.02. The quantitative estimate of drug-likeness (QED) is 0.760. The fourth-order valence-electron chi connectivity index (χ4n) is 2.68. The Kier molecular flexibility index (Phi) is 2.62. The van der Waals surface area contributed by atoms with Gasteiger partial charge in [-0.05, 0) is 30.7 Å². The molecule has 1 aromatic rings. The Bertz CT molecular complexity index is 494. The van der Waals surface area contributed by atoms with Crippen molar-refractivity contribution in [2.75, 3.05) is 13.2 Å². The molecule has 2 aliphatic rings. The monoisotopic (exact) mass is 243 g/mol. The predicted molar refractivity (Wildman–Crippen MR) is 68.6 cm³/mol. The Labute approximate surface area is 107 Å². The number of esters is 1. The molecule has 1 fully saturated rings. The van der Waals surface area contributed by atoms with Crippen LogP contribution in [0.5, 0.6) is 0 Å². The van der Waals surface area contributed by atoms with Gasteiger partial charge in [-0.2, -0.15) is 0 Å². The number of carbonyl (C=O) groups excluding carboxylic acids is 1. The van der Waals surface area contributed by atoms with Gasteiger partial charge in [0.15, 0.2) is 0 Å². The maximum absolute atomic E-state index is 11.9. The van der Waals surface area contributed by atoms with Crippen molar-refractivity contribution in [1.29, 1.82) is 0 Å². The predicted octanol–water partition coefficient (Wildman–Crippen LogP) is 2.34.